The summed E-state index contributed by atoms with van der Waals surface area (Å²) in [4.78, 5) is 11.5. The van der Waals surface area contributed by atoms with Crippen LogP contribution in [0.1, 0.15) is 45.4 Å². The SMILES string of the molecule is CCC(CC)(C(=O)O)n1nnnc1CC1CC1. The summed E-state index contributed by atoms with van der Waals surface area (Å²) in [6.07, 6.45) is 4.17. The van der Waals surface area contributed by atoms with Gasteiger partial charge < -0.3 is 5.11 Å². The number of rotatable bonds is 6. The van der Waals surface area contributed by atoms with Gasteiger partial charge in [0.15, 0.2) is 11.4 Å². The zero-order valence-corrected chi connectivity index (χ0v) is 10.3. The van der Waals surface area contributed by atoms with E-state index in [0.717, 1.165) is 6.42 Å². The number of hydrogen-bond donors (Lipinski definition) is 1. The van der Waals surface area contributed by atoms with E-state index in [-0.39, 0.29) is 0 Å². The van der Waals surface area contributed by atoms with Crippen LogP contribution < -0.4 is 0 Å². The maximum absolute atomic E-state index is 11.5. The van der Waals surface area contributed by atoms with Crippen LogP contribution in [0.4, 0.5) is 0 Å². The third-order valence-corrected chi connectivity index (χ3v) is 3.68. The topological polar surface area (TPSA) is 80.9 Å². The van der Waals surface area contributed by atoms with Gasteiger partial charge in [-0.05, 0) is 42.0 Å². The van der Waals surface area contributed by atoms with Crippen LogP contribution in [-0.2, 0) is 16.8 Å². The lowest BCUT2D eigenvalue weighted by Gasteiger charge is -2.27. The molecule has 1 aromatic heterocycles. The van der Waals surface area contributed by atoms with Gasteiger partial charge in [-0.3, -0.25) is 0 Å². The monoisotopic (exact) mass is 238 g/mol. The molecular weight excluding hydrogens is 220 g/mol. The smallest absolute Gasteiger partial charge is 0.331 e. The summed E-state index contributed by atoms with van der Waals surface area (Å²) < 4.78 is 1.52. The van der Waals surface area contributed by atoms with E-state index < -0.39 is 11.5 Å². The molecule has 6 heteroatoms. The first-order chi connectivity index (χ1) is 8.14. The van der Waals surface area contributed by atoms with Crippen LogP contribution >= 0.6 is 0 Å². The highest BCUT2D eigenvalue weighted by Crippen LogP contribution is 2.33. The van der Waals surface area contributed by atoms with Crippen molar-refractivity contribution in [3.05, 3.63) is 5.82 Å². The molecule has 0 unspecified atom stereocenters. The van der Waals surface area contributed by atoms with Crippen molar-refractivity contribution in [2.75, 3.05) is 0 Å². The lowest BCUT2D eigenvalue weighted by Crippen LogP contribution is -2.42. The largest absolute Gasteiger partial charge is 0.479 e. The third-order valence-electron chi connectivity index (χ3n) is 3.68. The molecule has 0 spiro atoms. The van der Waals surface area contributed by atoms with Gasteiger partial charge in [-0.1, -0.05) is 13.8 Å². The van der Waals surface area contributed by atoms with Crippen molar-refractivity contribution in [1.82, 2.24) is 20.2 Å². The number of carboxylic acid groups (broad SMARTS) is 1. The lowest BCUT2D eigenvalue weighted by atomic mass is 9.93. The minimum absolute atomic E-state index is 0.488. The number of carboxylic acids is 1. The van der Waals surface area contributed by atoms with Crippen LogP contribution in [0.15, 0.2) is 0 Å². The molecule has 1 fully saturated rings. The number of aliphatic carboxylic acids is 1. The number of nitrogens with zero attached hydrogens (tertiary/aromatic N) is 4. The second-order valence-corrected chi connectivity index (χ2v) is 4.70. The Labute approximate surface area is 100 Å². The Hall–Kier alpha value is -1.46. The first-order valence-electron chi connectivity index (χ1n) is 6.15. The fourth-order valence-corrected chi connectivity index (χ4v) is 2.19. The molecule has 0 atom stereocenters. The van der Waals surface area contributed by atoms with E-state index in [1.165, 1.54) is 17.5 Å². The highest BCUT2D eigenvalue weighted by atomic mass is 16.4. The van der Waals surface area contributed by atoms with Crippen LogP contribution in [0, 0.1) is 5.92 Å². The van der Waals surface area contributed by atoms with E-state index in [1.54, 1.807) is 0 Å². The molecule has 0 saturated heterocycles. The number of hydrogen-bond acceptors (Lipinski definition) is 4. The highest BCUT2D eigenvalue weighted by molar-refractivity contribution is 5.76. The van der Waals surface area contributed by atoms with Gasteiger partial charge in [0.05, 0.1) is 0 Å². The van der Waals surface area contributed by atoms with Crippen molar-refractivity contribution in [2.45, 2.75) is 51.5 Å². The molecule has 6 nitrogen and oxygen atoms in total. The molecule has 1 aromatic rings. The molecule has 0 amide bonds. The average molecular weight is 238 g/mol. The zero-order valence-electron chi connectivity index (χ0n) is 10.3. The van der Waals surface area contributed by atoms with Gasteiger partial charge in [-0.2, -0.15) is 0 Å². The summed E-state index contributed by atoms with van der Waals surface area (Å²) in [7, 11) is 0. The maximum atomic E-state index is 11.5. The number of carbonyl (C=O) groups is 1. The molecule has 1 aliphatic rings. The summed E-state index contributed by atoms with van der Waals surface area (Å²) in [6.45, 7) is 3.72. The Bertz CT molecular complexity index is 407. The van der Waals surface area contributed by atoms with E-state index in [1.807, 2.05) is 13.8 Å². The first kappa shape index (κ1) is 12.0. The first-order valence-corrected chi connectivity index (χ1v) is 6.15. The molecular formula is C11H18N4O2. The van der Waals surface area contributed by atoms with Crippen LogP contribution in [0.5, 0.6) is 0 Å². The van der Waals surface area contributed by atoms with Crippen molar-refractivity contribution in [1.29, 1.82) is 0 Å². The molecule has 94 valence electrons. The summed E-state index contributed by atoms with van der Waals surface area (Å²) in [5, 5.41) is 21.0. The second kappa shape index (κ2) is 4.43. The number of aromatic nitrogens is 4. The van der Waals surface area contributed by atoms with Crippen LogP contribution in [-0.4, -0.2) is 31.3 Å². The summed E-state index contributed by atoms with van der Waals surface area (Å²) in [5.41, 5.74) is -0.992. The molecule has 17 heavy (non-hydrogen) atoms. The van der Waals surface area contributed by atoms with Crippen LogP contribution in [0.3, 0.4) is 0 Å². The van der Waals surface area contributed by atoms with Gasteiger partial charge in [-0.15, -0.1) is 5.10 Å². The van der Waals surface area contributed by atoms with Crippen LogP contribution in [0.25, 0.3) is 0 Å². The second-order valence-electron chi connectivity index (χ2n) is 4.70. The molecule has 1 saturated carbocycles. The summed E-state index contributed by atoms with van der Waals surface area (Å²) in [6, 6.07) is 0. The molecule has 0 aliphatic heterocycles. The van der Waals surface area contributed by atoms with Gasteiger partial charge in [0.25, 0.3) is 0 Å². The average Bonchev–Trinajstić information content (AvgIpc) is 3.00. The lowest BCUT2D eigenvalue weighted by molar-refractivity contribution is -0.148. The van der Waals surface area contributed by atoms with E-state index in [9.17, 15) is 9.90 Å². The molecule has 0 bridgehead atoms. The molecule has 1 heterocycles. The number of tetrazole rings is 1. The van der Waals surface area contributed by atoms with Gasteiger partial charge in [0.2, 0.25) is 0 Å². The van der Waals surface area contributed by atoms with Gasteiger partial charge in [0, 0.05) is 6.42 Å². The van der Waals surface area contributed by atoms with Gasteiger partial charge in [-0.25, -0.2) is 9.48 Å². The van der Waals surface area contributed by atoms with E-state index in [4.69, 9.17) is 0 Å². The predicted molar refractivity (Wildman–Crippen MR) is 60.4 cm³/mol. The van der Waals surface area contributed by atoms with Gasteiger partial charge in [0.1, 0.15) is 0 Å². The quantitative estimate of drug-likeness (QED) is 0.806. The molecule has 2 rings (SSSR count). The fraction of sp³-hybridized carbons (Fsp3) is 0.818. The summed E-state index contributed by atoms with van der Waals surface area (Å²) >= 11 is 0. The Morgan fingerprint density at radius 1 is 1.47 bits per heavy atom. The predicted octanol–water partition coefficient (Wildman–Crippen LogP) is 1.23. The summed E-state index contributed by atoms with van der Waals surface area (Å²) in [5.74, 6) is 0.491. The minimum Gasteiger partial charge on any atom is -0.479 e. The zero-order chi connectivity index (χ0) is 12.5. The van der Waals surface area contributed by atoms with E-state index in [2.05, 4.69) is 15.5 Å². The maximum Gasteiger partial charge on any atom is 0.331 e. The Morgan fingerprint density at radius 2 is 2.12 bits per heavy atom. The van der Waals surface area contributed by atoms with Crippen molar-refractivity contribution < 1.29 is 9.90 Å². The normalized spacial score (nSPS) is 16.1. The molecule has 0 aromatic carbocycles. The fourth-order valence-electron chi connectivity index (χ4n) is 2.19. The van der Waals surface area contributed by atoms with Crippen LogP contribution in [0.2, 0.25) is 0 Å². The Morgan fingerprint density at radius 3 is 2.59 bits per heavy atom. The van der Waals surface area contributed by atoms with Gasteiger partial charge >= 0.3 is 5.97 Å². The van der Waals surface area contributed by atoms with Crippen molar-refractivity contribution in [2.24, 2.45) is 5.92 Å². The Balaban J connectivity index is 2.34. The van der Waals surface area contributed by atoms with E-state index >= 15 is 0 Å². The van der Waals surface area contributed by atoms with Crippen molar-refractivity contribution in [3.63, 3.8) is 0 Å². The third kappa shape index (κ3) is 2.03. The Kier molecular flexibility index (Phi) is 3.13. The molecule has 0 radical (unpaired) electrons. The van der Waals surface area contributed by atoms with Crippen molar-refractivity contribution >= 4 is 5.97 Å². The standard InChI is InChI=1S/C11H18N4O2/c1-3-11(4-2,10(16)17)15-9(12-13-14-15)7-8-5-6-8/h8H,3-7H2,1-2H3,(H,16,17). The highest BCUT2D eigenvalue weighted by Gasteiger charge is 2.41. The van der Waals surface area contributed by atoms with E-state index in [0.29, 0.717) is 24.6 Å². The molecule has 1 aliphatic carbocycles. The minimum atomic E-state index is -0.992. The molecule has 1 N–H and O–H groups in total. The van der Waals surface area contributed by atoms with Crippen molar-refractivity contribution in [3.8, 4) is 0 Å².